The maximum atomic E-state index is 10.6. The molecule has 0 radical (unpaired) electrons. The van der Waals surface area contributed by atoms with Crippen molar-refractivity contribution in [1.29, 1.82) is 0 Å². The van der Waals surface area contributed by atoms with Crippen LogP contribution >= 0.6 is 11.8 Å². The summed E-state index contributed by atoms with van der Waals surface area (Å²) in [4.78, 5) is 1.73. The predicted molar refractivity (Wildman–Crippen MR) is 44.4 cm³/mol. The summed E-state index contributed by atoms with van der Waals surface area (Å²) < 4.78 is 29.8. The van der Waals surface area contributed by atoms with E-state index in [0.717, 1.165) is 11.8 Å². The quantitative estimate of drug-likeness (QED) is 0.624. The minimum absolute atomic E-state index is 0.0208. The lowest BCUT2D eigenvalue weighted by molar-refractivity contribution is 0.458. The molecule has 0 bridgehead atoms. The normalized spacial score (nSPS) is 25.5. The van der Waals surface area contributed by atoms with Crippen LogP contribution in [0, 0.1) is 0 Å². The molecule has 0 saturated heterocycles. The Balaban J connectivity index is 2.89. The molecule has 1 N–H and O–H groups in total. The van der Waals surface area contributed by atoms with Gasteiger partial charge in [-0.15, -0.1) is 0 Å². The minimum atomic E-state index is -3.99. The fourth-order valence-electron chi connectivity index (χ4n) is 0.680. The van der Waals surface area contributed by atoms with Crippen LogP contribution in [0.4, 0.5) is 0 Å². The Kier molecular flexibility index (Phi) is 2.17. The van der Waals surface area contributed by atoms with Gasteiger partial charge in [0.1, 0.15) is 4.24 Å². The highest BCUT2D eigenvalue weighted by Gasteiger charge is 2.26. The molecule has 1 aliphatic rings. The number of hydrogen-bond acceptors (Lipinski definition) is 4. The fraction of sp³-hybridized carbons (Fsp3) is 0.600. The molecule has 4 nitrogen and oxygen atoms in total. The zero-order valence-corrected chi connectivity index (χ0v) is 7.82. The van der Waals surface area contributed by atoms with Crippen molar-refractivity contribution in [2.24, 2.45) is 0 Å². The Morgan fingerprint density at radius 1 is 1.73 bits per heavy atom. The van der Waals surface area contributed by atoms with Crippen molar-refractivity contribution in [1.82, 2.24) is 4.90 Å². The average molecular weight is 195 g/mol. The van der Waals surface area contributed by atoms with Gasteiger partial charge in [0, 0.05) is 13.2 Å². The van der Waals surface area contributed by atoms with Crippen LogP contribution in [0.2, 0.25) is 0 Å². The van der Waals surface area contributed by atoms with Crippen LogP contribution in [0.1, 0.15) is 6.92 Å². The summed E-state index contributed by atoms with van der Waals surface area (Å²) in [6.45, 7) is 1.86. The summed E-state index contributed by atoms with van der Waals surface area (Å²) in [5, 5.41) is 0.0759. The second-order valence-electron chi connectivity index (χ2n) is 2.31. The van der Waals surface area contributed by atoms with E-state index in [1.54, 1.807) is 11.9 Å². The lowest BCUT2D eigenvalue weighted by atomic mass is 10.6. The molecule has 11 heavy (non-hydrogen) atoms. The van der Waals surface area contributed by atoms with Crippen LogP contribution in [0.25, 0.3) is 0 Å². The first kappa shape index (κ1) is 8.89. The summed E-state index contributed by atoms with van der Waals surface area (Å²) >= 11 is 1.13. The van der Waals surface area contributed by atoms with Gasteiger partial charge in [0.15, 0.2) is 0 Å². The first-order chi connectivity index (χ1) is 4.91. The van der Waals surface area contributed by atoms with Crippen molar-refractivity contribution in [3.05, 3.63) is 10.4 Å². The molecule has 0 saturated carbocycles. The van der Waals surface area contributed by atoms with E-state index in [4.69, 9.17) is 4.55 Å². The molecular formula is C5H9NO3S2. The second-order valence-corrected chi connectivity index (χ2v) is 5.31. The molecule has 0 fully saturated rings. The molecule has 0 amide bonds. The zero-order valence-electron chi connectivity index (χ0n) is 6.18. The molecule has 0 aromatic carbocycles. The van der Waals surface area contributed by atoms with Crippen LogP contribution in [-0.4, -0.2) is 30.3 Å². The number of hydrogen-bond donors (Lipinski definition) is 1. The summed E-state index contributed by atoms with van der Waals surface area (Å²) in [7, 11) is -2.23. The van der Waals surface area contributed by atoms with Gasteiger partial charge in [-0.2, -0.15) is 8.42 Å². The van der Waals surface area contributed by atoms with Crippen LogP contribution in [0.5, 0.6) is 0 Å². The van der Waals surface area contributed by atoms with Gasteiger partial charge in [-0.3, -0.25) is 4.55 Å². The topological polar surface area (TPSA) is 57.6 Å². The Labute approximate surface area is 70.0 Å². The number of nitrogens with zero attached hydrogens (tertiary/aromatic N) is 1. The highest BCUT2D eigenvalue weighted by molar-refractivity contribution is 8.17. The monoisotopic (exact) mass is 195 g/mol. The van der Waals surface area contributed by atoms with Crippen molar-refractivity contribution in [3.8, 4) is 0 Å². The lowest BCUT2D eigenvalue weighted by Gasteiger charge is -2.12. The molecule has 1 atom stereocenters. The summed E-state index contributed by atoms with van der Waals surface area (Å²) in [5.41, 5.74) is 0. The Morgan fingerprint density at radius 2 is 2.27 bits per heavy atom. The van der Waals surface area contributed by atoms with E-state index in [2.05, 4.69) is 0 Å². The molecule has 64 valence electrons. The first-order valence-electron chi connectivity index (χ1n) is 2.99. The summed E-state index contributed by atoms with van der Waals surface area (Å²) in [5.74, 6) is 0. The maximum Gasteiger partial charge on any atom is 0.302 e. The van der Waals surface area contributed by atoms with E-state index in [0.29, 0.717) is 0 Å². The molecular weight excluding hydrogens is 186 g/mol. The lowest BCUT2D eigenvalue weighted by Crippen LogP contribution is -2.14. The number of rotatable bonds is 1. The molecule has 6 heteroatoms. The van der Waals surface area contributed by atoms with Crippen molar-refractivity contribution >= 4 is 21.9 Å². The molecule has 0 aromatic rings. The Hall–Kier alpha value is -0.200. The SMILES string of the molecule is CC1SC(S(=O)(=O)O)=CN1C. The smallest absolute Gasteiger partial charge is 0.302 e. The largest absolute Gasteiger partial charge is 0.367 e. The van der Waals surface area contributed by atoms with Crippen LogP contribution in [0.15, 0.2) is 10.4 Å². The van der Waals surface area contributed by atoms with Crippen LogP contribution in [0.3, 0.4) is 0 Å². The van der Waals surface area contributed by atoms with Gasteiger partial charge in [-0.1, -0.05) is 11.8 Å². The molecule has 0 aliphatic carbocycles. The van der Waals surface area contributed by atoms with Gasteiger partial charge >= 0.3 is 10.1 Å². The van der Waals surface area contributed by atoms with Crippen molar-refractivity contribution in [3.63, 3.8) is 0 Å². The minimum Gasteiger partial charge on any atom is -0.367 e. The van der Waals surface area contributed by atoms with Crippen molar-refractivity contribution in [2.75, 3.05) is 7.05 Å². The number of thioether (sulfide) groups is 1. The predicted octanol–water partition coefficient (Wildman–Crippen LogP) is 0.698. The Morgan fingerprint density at radius 3 is 2.45 bits per heavy atom. The summed E-state index contributed by atoms with van der Waals surface area (Å²) in [6.07, 6.45) is 1.42. The van der Waals surface area contributed by atoms with Crippen molar-refractivity contribution < 1.29 is 13.0 Å². The molecule has 0 spiro atoms. The fourth-order valence-corrected chi connectivity index (χ4v) is 2.67. The van der Waals surface area contributed by atoms with Gasteiger partial charge in [-0.25, -0.2) is 0 Å². The maximum absolute atomic E-state index is 10.6. The van der Waals surface area contributed by atoms with Crippen LogP contribution < -0.4 is 0 Å². The standard InChI is InChI=1S/C5H9NO3S2/c1-4-6(2)3-5(10-4)11(7,8)9/h3-4H,1-2H3,(H,7,8,9). The third-order valence-corrected chi connectivity index (χ3v) is 3.97. The zero-order chi connectivity index (χ0) is 8.65. The molecule has 1 rings (SSSR count). The van der Waals surface area contributed by atoms with Gasteiger partial charge in [0.05, 0.1) is 5.37 Å². The van der Waals surface area contributed by atoms with Crippen molar-refractivity contribution in [2.45, 2.75) is 12.3 Å². The second kappa shape index (κ2) is 2.69. The third kappa shape index (κ3) is 1.88. The van der Waals surface area contributed by atoms with Gasteiger partial charge in [0.25, 0.3) is 0 Å². The Bertz CT molecular complexity index is 282. The van der Waals surface area contributed by atoms with Gasteiger partial charge in [0.2, 0.25) is 0 Å². The van der Waals surface area contributed by atoms with E-state index in [-0.39, 0.29) is 9.61 Å². The highest BCUT2D eigenvalue weighted by Crippen LogP contribution is 2.33. The third-order valence-electron chi connectivity index (χ3n) is 1.42. The highest BCUT2D eigenvalue weighted by atomic mass is 32.3. The first-order valence-corrected chi connectivity index (χ1v) is 5.31. The van der Waals surface area contributed by atoms with Gasteiger partial charge < -0.3 is 4.90 Å². The van der Waals surface area contributed by atoms with E-state index >= 15 is 0 Å². The van der Waals surface area contributed by atoms with Crippen LogP contribution in [-0.2, 0) is 10.1 Å². The van der Waals surface area contributed by atoms with E-state index in [1.165, 1.54) is 6.20 Å². The average Bonchev–Trinajstić information content (AvgIpc) is 2.11. The van der Waals surface area contributed by atoms with E-state index < -0.39 is 10.1 Å². The van der Waals surface area contributed by atoms with E-state index in [1.807, 2.05) is 6.92 Å². The van der Waals surface area contributed by atoms with E-state index in [9.17, 15) is 8.42 Å². The van der Waals surface area contributed by atoms with Gasteiger partial charge in [-0.05, 0) is 6.92 Å². The molecule has 1 heterocycles. The molecule has 1 unspecified atom stereocenters. The molecule has 1 aliphatic heterocycles. The molecule has 0 aromatic heterocycles. The summed E-state index contributed by atoms with van der Waals surface area (Å²) in [6, 6.07) is 0.